The number of carboxylic acids is 1. The number of aliphatic carboxylic acids is 1. The van der Waals surface area contributed by atoms with Crippen molar-refractivity contribution in [3.05, 3.63) is 71.7 Å². The highest BCUT2D eigenvalue weighted by atomic mass is 19.1. The fourth-order valence-corrected chi connectivity index (χ4v) is 2.71. The van der Waals surface area contributed by atoms with Crippen molar-refractivity contribution in [1.82, 2.24) is 15.6 Å². The molecule has 134 valence electrons. The van der Waals surface area contributed by atoms with Gasteiger partial charge in [0, 0.05) is 30.1 Å². The summed E-state index contributed by atoms with van der Waals surface area (Å²) in [5.74, 6) is -1.48. The van der Waals surface area contributed by atoms with Crippen molar-refractivity contribution in [3.8, 4) is 0 Å². The first-order valence-corrected chi connectivity index (χ1v) is 8.09. The monoisotopic (exact) mass is 355 g/mol. The normalized spacial score (nSPS) is 11.9. The van der Waals surface area contributed by atoms with Crippen LogP contribution in [0.25, 0.3) is 10.9 Å². The Hall–Kier alpha value is -3.35. The van der Waals surface area contributed by atoms with Crippen LogP contribution in [-0.4, -0.2) is 28.1 Å². The molecule has 0 fully saturated rings. The van der Waals surface area contributed by atoms with Gasteiger partial charge in [-0.15, -0.1) is 0 Å². The van der Waals surface area contributed by atoms with Crippen molar-refractivity contribution in [3.63, 3.8) is 0 Å². The number of amides is 2. The van der Waals surface area contributed by atoms with E-state index in [1.165, 1.54) is 12.1 Å². The van der Waals surface area contributed by atoms with Gasteiger partial charge < -0.3 is 20.7 Å². The third kappa shape index (κ3) is 4.18. The molecule has 3 rings (SSSR count). The Morgan fingerprint density at radius 2 is 1.85 bits per heavy atom. The summed E-state index contributed by atoms with van der Waals surface area (Å²) in [5, 5.41) is 15.4. The lowest BCUT2D eigenvalue weighted by atomic mass is 10.1. The number of halogens is 1. The fourth-order valence-electron chi connectivity index (χ4n) is 2.71. The lowest BCUT2D eigenvalue weighted by Gasteiger charge is -2.15. The number of carbonyl (C=O) groups excluding carboxylic acids is 1. The van der Waals surface area contributed by atoms with E-state index in [-0.39, 0.29) is 18.8 Å². The molecule has 0 radical (unpaired) electrons. The van der Waals surface area contributed by atoms with E-state index in [9.17, 15) is 19.1 Å². The van der Waals surface area contributed by atoms with Gasteiger partial charge in [0.25, 0.3) is 0 Å². The third-order valence-electron chi connectivity index (χ3n) is 4.07. The second-order valence-corrected chi connectivity index (χ2v) is 5.91. The van der Waals surface area contributed by atoms with Crippen LogP contribution in [-0.2, 0) is 17.8 Å². The first kappa shape index (κ1) is 17.5. The average Bonchev–Trinajstić information content (AvgIpc) is 3.04. The Morgan fingerprint density at radius 3 is 2.58 bits per heavy atom. The van der Waals surface area contributed by atoms with Crippen molar-refractivity contribution >= 4 is 22.9 Å². The molecule has 0 saturated carbocycles. The summed E-state index contributed by atoms with van der Waals surface area (Å²) in [6.45, 7) is 0.172. The molecule has 3 aromatic rings. The summed E-state index contributed by atoms with van der Waals surface area (Å²) < 4.78 is 12.9. The Bertz CT molecular complexity index is 921. The molecule has 1 atom stereocenters. The minimum atomic E-state index is -1.12. The molecule has 0 bridgehead atoms. The number of carbonyl (C=O) groups is 2. The maximum atomic E-state index is 12.9. The van der Waals surface area contributed by atoms with Crippen molar-refractivity contribution in [1.29, 1.82) is 0 Å². The minimum absolute atomic E-state index is 0.156. The molecular formula is C19H18FN3O3. The van der Waals surface area contributed by atoms with E-state index in [0.29, 0.717) is 5.56 Å². The van der Waals surface area contributed by atoms with Gasteiger partial charge in [-0.25, -0.2) is 14.0 Å². The van der Waals surface area contributed by atoms with Crippen LogP contribution in [0.2, 0.25) is 0 Å². The van der Waals surface area contributed by atoms with Crippen LogP contribution in [0.15, 0.2) is 54.7 Å². The van der Waals surface area contributed by atoms with Gasteiger partial charge in [0.15, 0.2) is 0 Å². The Kier molecular flexibility index (Phi) is 5.17. The Labute approximate surface area is 149 Å². The zero-order chi connectivity index (χ0) is 18.5. The van der Waals surface area contributed by atoms with Crippen LogP contribution in [0.1, 0.15) is 11.1 Å². The zero-order valence-corrected chi connectivity index (χ0v) is 13.8. The molecule has 1 heterocycles. The number of hydrogen-bond donors (Lipinski definition) is 4. The summed E-state index contributed by atoms with van der Waals surface area (Å²) in [4.78, 5) is 26.6. The Morgan fingerprint density at radius 1 is 1.12 bits per heavy atom. The van der Waals surface area contributed by atoms with Gasteiger partial charge in [-0.05, 0) is 29.3 Å². The molecule has 0 aliphatic carbocycles. The number of urea groups is 1. The van der Waals surface area contributed by atoms with Crippen LogP contribution in [0.3, 0.4) is 0 Å². The van der Waals surface area contributed by atoms with Gasteiger partial charge in [0.1, 0.15) is 11.9 Å². The average molecular weight is 355 g/mol. The second kappa shape index (κ2) is 7.69. The van der Waals surface area contributed by atoms with Crippen molar-refractivity contribution in [2.24, 2.45) is 0 Å². The van der Waals surface area contributed by atoms with Crippen LogP contribution >= 0.6 is 0 Å². The summed E-state index contributed by atoms with van der Waals surface area (Å²) in [6, 6.07) is 11.6. The fraction of sp³-hybridized carbons (Fsp3) is 0.158. The van der Waals surface area contributed by atoms with Crippen LogP contribution in [0.5, 0.6) is 0 Å². The molecule has 2 amide bonds. The van der Waals surface area contributed by atoms with E-state index in [4.69, 9.17) is 0 Å². The van der Waals surface area contributed by atoms with Gasteiger partial charge in [-0.1, -0.05) is 30.3 Å². The zero-order valence-electron chi connectivity index (χ0n) is 13.8. The SMILES string of the molecule is O=C(NCc1ccc(F)cc1)N[C@H](Cc1c[nH]c2ccccc12)C(=O)O. The van der Waals surface area contributed by atoms with Crippen LogP contribution < -0.4 is 10.6 Å². The highest BCUT2D eigenvalue weighted by Crippen LogP contribution is 2.19. The number of para-hydroxylation sites is 1. The number of H-pyrrole nitrogens is 1. The molecule has 4 N–H and O–H groups in total. The van der Waals surface area contributed by atoms with Crippen molar-refractivity contribution in [2.45, 2.75) is 19.0 Å². The highest BCUT2D eigenvalue weighted by Gasteiger charge is 2.21. The highest BCUT2D eigenvalue weighted by molar-refractivity contribution is 5.86. The van der Waals surface area contributed by atoms with E-state index < -0.39 is 18.0 Å². The van der Waals surface area contributed by atoms with E-state index in [0.717, 1.165) is 16.5 Å². The molecule has 7 heteroatoms. The van der Waals surface area contributed by atoms with Crippen LogP contribution in [0.4, 0.5) is 9.18 Å². The molecule has 2 aromatic carbocycles. The van der Waals surface area contributed by atoms with Crippen molar-refractivity contribution in [2.75, 3.05) is 0 Å². The molecular weight excluding hydrogens is 337 g/mol. The minimum Gasteiger partial charge on any atom is -0.480 e. The molecule has 0 saturated heterocycles. The second-order valence-electron chi connectivity index (χ2n) is 5.91. The van der Waals surface area contributed by atoms with Crippen molar-refractivity contribution < 1.29 is 19.1 Å². The number of rotatable bonds is 6. The van der Waals surface area contributed by atoms with Gasteiger partial charge >= 0.3 is 12.0 Å². The third-order valence-corrected chi connectivity index (χ3v) is 4.07. The van der Waals surface area contributed by atoms with E-state index >= 15 is 0 Å². The number of nitrogens with one attached hydrogen (secondary N) is 3. The van der Waals surface area contributed by atoms with E-state index in [1.807, 2.05) is 24.3 Å². The molecule has 6 nitrogen and oxygen atoms in total. The molecule has 0 aliphatic heterocycles. The molecule has 26 heavy (non-hydrogen) atoms. The number of carboxylic acid groups (broad SMARTS) is 1. The number of aromatic amines is 1. The largest absolute Gasteiger partial charge is 0.480 e. The first-order valence-electron chi connectivity index (χ1n) is 8.09. The van der Waals surface area contributed by atoms with E-state index in [2.05, 4.69) is 15.6 Å². The van der Waals surface area contributed by atoms with Gasteiger partial charge in [0.2, 0.25) is 0 Å². The van der Waals surface area contributed by atoms with Gasteiger partial charge in [-0.2, -0.15) is 0 Å². The number of hydrogen-bond acceptors (Lipinski definition) is 2. The summed E-state index contributed by atoms with van der Waals surface area (Å²) in [6.07, 6.45) is 1.90. The lowest BCUT2D eigenvalue weighted by Crippen LogP contribution is -2.46. The summed E-state index contributed by atoms with van der Waals surface area (Å²) in [7, 11) is 0. The standard InChI is InChI=1S/C19H18FN3O3/c20-14-7-5-12(6-8-14)10-22-19(26)23-17(18(24)25)9-13-11-21-16-4-2-1-3-15(13)16/h1-8,11,17,21H,9-10H2,(H,24,25)(H2,22,23,26)/t17-/m1/s1. The predicted octanol–water partition coefficient (Wildman–Crippen LogP) is 2.80. The summed E-state index contributed by atoms with van der Waals surface area (Å²) >= 11 is 0. The first-order chi connectivity index (χ1) is 12.5. The van der Waals surface area contributed by atoms with Gasteiger partial charge in [-0.3, -0.25) is 0 Å². The maximum Gasteiger partial charge on any atom is 0.326 e. The maximum absolute atomic E-state index is 12.9. The smallest absolute Gasteiger partial charge is 0.326 e. The Balaban J connectivity index is 1.62. The number of aromatic nitrogens is 1. The molecule has 0 spiro atoms. The topological polar surface area (TPSA) is 94.2 Å². The molecule has 1 aromatic heterocycles. The summed E-state index contributed by atoms with van der Waals surface area (Å²) in [5.41, 5.74) is 2.43. The van der Waals surface area contributed by atoms with Gasteiger partial charge in [0.05, 0.1) is 0 Å². The lowest BCUT2D eigenvalue weighted by molar-refractivity contribution is -0.139. The van der Waals surface area contributed by atoms with Crippen LogP contribution in [0, 0.1) is 5.82 Å². The predicted molar refractivity (Wildman–Crippen MR) is 95.2 cm³/mol. The molecule has 0 unspecified atom stereocenters. The quantitative estimate of drug-likeness (QED) is 0.548. The number of fused-ring (bicyclic) bond motifs is 1. The molecule has 0 aliphatic rings. The van der Waals surface area contributed by atoms with E-state index in [1.54, 1.807) is 18.3 Å². The number of benzene rings is 2.